The van der Waals surface area contributed by atoms with Crippen LogP contribution in [0.1, 0.15) is 109 Å². The average Bonchev–Trinajstić information content (AvgIpc) is 3.97. The van der Waals surface area contributed by atoms with E-state index in [0.717, 1.165) is 75.1 Å². The molecule has 314 valence electrons. The lowest BCUT2D eigenvalue weighted by Gasteiger charge is -2.32. The number of rotatable bonds is 9. The smallest absolute Gasteiger partial charge is 0.410 e. The van der Waals surface area contributed by atoms with E-state index in [4.69, 9.17) is 21.3 Å². The van der Waals surface area contributed by atoms with Crippen molar-refractivity contribution in [1.82, 2.24) is 28.9 Å². The molecular formula is C44H50ClN9O6. The second-order valence-electron chi connectivity index (χ2n) is 17.9. The van der Waals surface area contributed by atoms with Gasteiger partial charge in [-0.2, -0.15) is 5.26 Å². The molecule has 4 aliphatic rings. The molecule has 3 amide bonds. The minimum absolute atomic E-state index is 0.107. The molecule has 2 aromatic carbocycles. The van der Waals surface area contributed by atoms with Crippen LogP contribution in [0.2, 0.25) is 5.02 Å². The summed E-state index contributed by atoms with van der Waals surface area (Å²) in [7, 11) is 3.59. The number of halogens is 1. The number of carboxylic acid groups (broad SMARTS) is 1. The third-order valence-electron chi connectivity index (χ3n) is 13.0. The summed E-state index contributed by atoms with van der Waals surface area (Å²) in [5.74, 6) is -1.19. The first-order valence-electron chi connectivity index (χ1n) is 20.5. The molecule has 2 aliphatic carbocycles. The molecule has 4 heterocycles. The Morgan fingerprint density at radius 3 is 2.05 bits per heavy atom. The number of benzene rings is 2. The van der Waals surface area contributed by atoms with Crippen LogP contribution in [0.5, 0.6) is 0 Å². The van der Waals surface area contributed by atoms with Crippen molar-refractivity contribution >= 4 is 46.9 Å². The number of imidazole rings is 2. The van der Waals surface area contributed by atoms with Crippen LogP contribution in [0.25, 0.3) is 11.1 Å². The number of carbonyl (C=O) groups is 4. The predicted molar refractivity (Wildman–Crippen MR) is 223 cm³/mol. The van der Waals surface area contributed by atoms with Crippen molar-refractivity contribution in [2.24, 2.45) is 24.9 Å². The quantitative estimate of drug-likeness (QED) is 0.160. The third-order valence-corrected chi connectivity index (χ3v) is 13.4. The molecule has 2 aromatic heterocycles. The van der Waals surface area contributed by atoms with Gasteiger partial charge >= 0.3 is 12.1 Å². The predicted octanol–water partition coefficient (Wildman–Crippen LogP) is 6.93. The van der Waals surface area contributed by atoms with E-state index in [-0.39, 0.29) is 39.9 Å². The van der Waals surface area contributed by atoms with E-state index in [0.29, 0.717) is 42.0 Å². The number of amides is 3. The molecule has 0 atom stereocenters. The van der Waals surface area contributed by atoms with E-state index < -0.39 is 34.9 Å². The molecule has 2 aliphatic heterocycles. The summed E-state index contributed by atoms with van der Waals surface area (Å²) in [4.78, 5) is 65.5. The van der Waals surface area contributed by atoms with Crippen molar-refractivity contribution < 1.29 is 29.0 Å². The van der Waals surface area contributed by atoms with Crippen LogP contribution in [0.15, 0.2) is 36.4 Å². The van der Waals surface area contributed by atoms with Gasteiger partial charge in [0.2, 0.25) is 0 Å². The van der Waals surface area contributed by atoms with E-state index in [2.05, 4.69) is 26.6 Å². The molecule has 4 aromatic rings. The summed E-state index contributed by atoms with van der Waals surface area (Å²) in [6.07, 6.45) is 6.03. The molecule has 15 nitrogen and oxygen atoms in total. The molecule has 60 heavy (non-hydrogen) atoms. The van der Waals surface area contributed by atoms with Gasteiger partial charge in [0.1, 0.15) is 11.7 Å². The highest BCUT2D eigenvalue weighted by molar-refractivity contribution is 6.36. The van der Waals surface area contributed by atoms with Crippen molar-refractivity contribution in [2.45, 2.75) is 90.8 Å². The van der Waals surface area contributed by atoms with Gasteiger partial charge < -0.3 is 34.5 Å². The Balaban J connectivity index is 0.950. The fourth-order valence-electron chi connectivity index (χ4n) is 9.74. The molecule has 0 saturated heterocycles. The topological polar surface area (TPSA) is 188 Å². The Hall–Kier alpha value is -5.72. The lowest BCUT2D eigenvalue weighted by Crippen LogP contribution is -2.40. The molecule has 2 bridgehead atoms. The highest BCUT2D eigenvalue weighted by Crippen LogP contribution is 2.63. The number of hydrogen-bond donors (Lipinski definition) is 3. The van der Waals surface area contributed by atoms with Crippen LogP contribution in [0, 0.1) is 22.2 Å². The average molecular weight is 836 g/mol. The molecule has 16 heteroatoms. The van der Waals surface area contributed by atoms with Crippen molar-refractivity contribution in [3.63, 3.8) is 0 Å². The van der Waals surface area contributed by atoms with Gasteiger partial charge in [0.05, 0.1) is 45.3 Å². The Morgan fingerprint density at radius 2 is 1.45 bits per heavy atom. The molecule has 0 unspecified atom stereocenters. The minimum atomic E-state index is -0.645. The van der Waals surface area contributed by atoms with Crippen molar-refractivity contribution in [3.05, 3.63) is 81.4 Å². The number of anilines is 2. The number of carboxylic acids is 1. The third kappa shape index (κ3) is 7.51. The summed E-state index contributed by atoms with van der Waals surface area (Å²) in [5.41, 5.74) is 3.97. The maximum atomic E-state index is 13.8. The number of nitrogens with zero attached hydrogens (tertiary/aromatic N) is 7. The highest BCUT2D eigenvalue weighted by atomic mass is 35.5. The Labute approximate surface area is 353 Å². The number of aromatic nitrogens is 4. The van der Waals surface area contributed by atoms with Crippen molar-refractivity contribution in [1.29, 1.82) is 5.26 Å². The molecule has 0 spiro atoms. The Bertz CT molecular complexity index is 2470. The van der Waals surface area contributed by atoms with Gasteiger partial charge in [-0.1, -0.05) is 35.9 Å². The van der Waals surface area contributed by atoms with Crippen LogP contribution >= 0.6 is 11.6 Å². The summed E-state index contributed by atoms with van der Waals surface area (Å²) >= 11 is 6.95. The largest absolute Gasteiger partial charge is 0.481 e. The SMILES string of the molecule is Cn1c(C(=O)Nc2cccc(-c3cccc(NC(=O)c4nc5c(n4C)CCN(CCC46CCC(C(=O)O)(CC4)C6)C5)c3C#N)c2Cl)nc2c1CCN(C(=O)OC(C)(C)C)C2. The van der Waals surface area contributed by atoms with E-state index in [1.165, 1.54) is 0 Å². The zero-order valence-electron chi connectivity index (χ0n) is 34.7. The van der Waals surface area contributed by atoms with Crippen LogP contribution in [0.4, 0.5) is 16.2 Å². The number of nitriles is 1. The van der Waals surface area contributed by atoms with Gasteiger partial charge in [-0.05, 0) is 83.4 Å². The lowest BCUT2D eigenvalue weighted by molar-refractivity contribution is -0.148. The van der Waals surface area contributed by atoms with E-state index in [9.17, 15) is 29.5 Å². The van der Waals surface area contributed by atoms with Crippen LogP contribution in [-0.4, -0.2) is 83.1 Å². The molecule has 8 rings (SSSR count). The lowest BCUT2D eigenvalue weighted by atomic mass is 9.80. The van der Waals surface area contributed by atoms with Gasteiger partial charge in [0.15, 0.2) is 11.6 Å². The summed E-state index contributed by atoms with van der Waals surface area (Å²) in [6, 6.07) is 12.5. The minimum Gasteiger partial charge on any atom is -0.481 e. The number of carbonyl (C=O) groups excluding carboxylic acids is 3. The van der Waals surface area contributed by atoms with Gasteiger partial charge in [0.25, 0.3) is 11.8 Å². The van der Waals surface area contributed by atoms with Gasteiger partial charge in [-0.25, -0.2) is 14.8 Å². The van der Waals surface area contributed by atoms with Crippen LogP contribution in [0.3, 0.4) is 0 Å². The van der Waals surface area contributed by atoms with Crippen molar-refractivity contribution in [2.75, 3.05) is 30.3 Å². The standard InChI is InChI=1S/C44H50ClN9O6/c1-42(2,3)60-41(59)54-20-13-34-32(24-54)48-37(52(34)5)39(56)50-30-11-7-9-27(35(30)45)26-8-6-10-29(28(26)22-46)49-38(55)36-47-31-23-53(19-12-33(31)51(36)4)21-18-43-14-16-44(25-43,17-15-43)40(57)58/h6-11H,12-21,23-25H2,1-5H3,(H,49,55)(H,50,56)(H,57,58). The molecule has 0 radical (unpaired) electrons. The fourth-order valence-corrected chi connectivity index (χ4v) is 10.0. The van der Waals surface area contributed by atoms with E-state index >= 15 is 0 Å². The normalized spacial score (nSPS) is 20.9. The first-order chi connectivity index (χ1) is 28.5. The summed E-state index contributed by atoms with van der Waals surface area (Å²) in [5, 5.41) is 26.3. The molecular weight excluding hydrogens is 786 g/mol. The first-order valence-corrected chi connectivity index (χ1v) is 20.9. The van der Waals surface area contributed by atoms with Gasteiger partial charge in [-0.15, -0.1) is 0 Å². The highest BCUT2D eigenvalue weighted by Gasteiger charge is 2.57. The summed E-state index contributed by atoms with van der Waals surface area (Å²) in [6.45, 7) is 8.37. The second-order valence-corrected chi connectivity index (χ2v) is 18.3. The Morgan fingerprint density at radius 1 is 0.867 bits per heavy atom. The number of nitrogens with one attached hydrogen (secondary N) is 2. The van der Waals surface area contributed by atoms with Gasteiger partial charge in [-0.3, -0.25) is 19.3 Å². The van der Waals surface area contributed by atoms with Crippen molar-refractivity contribution in [3.8, 4) is 17.2 Å². The number of ether oxygens (including phenoxy) is 1. The molecule has 3 N–H and O–H groups in total. The van der Waals surface area contributed by atoms with E-state index in [1.54, 1.807) is 52.9 Å². The van der Waals surface area contributed by atoms with Crippen LogP contribution in [-0.2, 0) is 49.6 Å². The van der Waals surface area contributed by atoms with E-state index in [1.807, 2.05) is 32.4 Å². The number of aliphatic carboxylic acids is 1. The maximum Gasteiger partial charge on any atom is 0.410 e. The van der Waals surface area contributed by atoms with Crippen LogP contribution < -0.4 is 10.6 Å². The monoisotopic (exact) mass is 835 g/mol. The fraction of sp³-hybridized carbons (Fsp3) is 0.477. The maximum absolute atomic E-state index is 13.8. The van der Waals surface area contributed by atoms with Gasteiger partial charge in [0, 0.05) is 69.1 Å². The Kier molecular flexibility index (Phi) is 10.5. The molecule has 2 fully saturated rings. The number of hydrogen-bond acceptors (Lipinski definition) is 9. The molecule has 2 saturated carbocycles. The number of fused-ring (bicyclic) bond motifs is 4. The zero-order valence-corrected chi connectivity index (χ0v) is 35.4. The second kappa shape index (κ2) is 15.4. The summed E-state index contributed by atoms with van der Waals surface area (Å²) < 4.78 is 9.08. The zero-order chi connectivity index (χ0) is 42.7. The first kappa shape index (κ1) is 41.0.